The molecule has 1 aromatic heterocycles. The van der Waals surface area contributed by atoms with Gasteiger partial charge in [0.1, 0.15) is 11.3 Å². The Labute approximate surface area is 109 Å². The van der Waals surface area contributed by atoms with Crippen LogP contribution in [0.25, 0.3) is 0 Å². The lowest BCUT2D eigenvalue weighted by Crippen LogP contribution is -2.15. The van der Waals surface area contributed by atoms with E-state index in [0.29, 0.717) is 17.1 Å². The Kier molecular flexibility index (Phi) is 3.61. The lowest BCUT2D eigenvalue weighted by molar-refractivity contribution is 0.102. The van der Waals surface area contributed by atoms with Gasteiger partial charge in [0.15, 0.2) is 0 Å². The van der Waals surface area contributed by atoms with Crippen molar-refractivity contribution >= 4 is 17.3 Å². The van der Waals surface area contributed by atoms with Crippen molar-refractivity contribution in [3.63, 3.8) is 0 Å². The van der Waals surface area contributed by atoms with Gasteiger partial charge in [-0.3, -0.25) is 4.79 Å². The maximum Gasteiger partial charge on any atom is 0.261 e. The van der Waals surface area contributed by atoms with Crippen molar-refractivity contribution in [2.45, 2.75) is 0 Å². The number of aromatic nitrogens is 1. The van der Waals surface area contributed by atoms with E-state index in [0.717, 1.165) is 6.07 Å². The van der Waals surface area contributed by atoms with E-state index < -0.39 is 11.9 Å². The number of carbonyl (C=O) groups is 1. The van der Waals surface area contributed by atoms with Gasteiger partial charge in [-0.15, -0.1) is 0 Å². The molecule has 0 saturated heterocycles. The van der Waals surface area contributed by atoms with Gasteiger partial charge in [0.05, 0.1) is 19.0 Å². The SMILES string of the molecule is COc1cccc(N)c1C(=O)Nc1ccc(F)nc1. The maximum absolute atomic E-state index is 12.7. The number of nitrogens with zero attached hydrogens (tertiary/aromatic N) is 1. The Morgan fingerprint density at radius 1 is 1.37 bits per heavy atom. The summed E-state index contributed by atoms with van der Waals surface area (Å²) >= 11 is 0. The number of nitrogens with one attached hydrogen (secondary N) is 1. The molecule has 2 rings (SSSR count). The number of anilines is 2. The van der Waals surface area contributed by atoms with E-state index >= 15 is 0 Å². The van der Waals surface area contributed by atoms with Crippen molar-refractivity contribution in [1.29, 1.82) is 0 Å². The van der Waals surface area contributed by atoms with Crippen LogP contribution in [0, 0.1) is 5.95 Å². The average molecular weight is 261 g/mol. The van der Waals surface area contributed by atoms with Crippen LogP contribution in [-0.2, 0) is 0 Å². The average Bonchev–Trinajstić information content (AvgIpc) is 2.40. The number of hydrogen-bond donors (Lipinski definition) is 2. The summed E-state index contributed by atoms with van der Waals surface area (Å²) in [6.07, 6.45) is 1.22. The molecule has 0 aliphatic rings. The zero-order valence-corrected chi connectivity index (χ0v) is 10.2. The van der Waals surface area contributed by atoms with E-state index in [2.05, 4.69) is 10.3 Å². The molecule has 5 nitrogen and oxygen atoms in total. The Morgan fingerprint density at radius 3 is 2.79 bits per heavy atom. The topological polar surface area (TPSA) is 77.2 Å². The highest BCUT2D eigenvalue weighted by Crippen LogP contribution is 2.25. The number of carbonyl (C=O) groups excluding carboxylic acids is 1. The molecule has 1 heterocycles. The molecule has 0 aliphatic heterocycles. The summed E-state index contributed by atoms with van der Waals surface area (Å²) in [6, 6.07) is 7.48. The van der Waals surface area contributed by atoms with Gasteiger partial charge in [0.2, 0.25) is 5.95 Å². The van der Waals surface area contributed by atoms with Crippen molar-refractivity contribution in [3.05, 3.63) is 48.0 Å². The summed E-state index contributed by atoms with van der Waals surface area (Å²) in [7, 11) is 1.45. The first kappa shape index (κ1) is 12.8. The molecule has 1 amide bonds. The predicted molar refractivity (Wildman–Crippen MR) is 69.6 cm³/mol. The minimum atomic E-state index is -0.616. The van der Waals surface area contributed by atoms with Crippen LogP contribution in [0.3, 0.4) is 0 Å². The summed E-state index contributed by atoms with van der Waals surface area (Å²) < 4.78 is 17.8. The van der Waals surface area contributed by atoms with E-state index in [1.807, 2.05) is 0 Å². The standard InChI is InChI=1S/C13H12FN3O2/c1-19-10-4-2-3-9(15)12(10)13(18)17-8-5-6-11(14)16-7-8/h2-7H,15H2,1H3,(H,17,18). The van der Waals surface area contributed by atoms with Crippen molar-refractivity contribution in [1.82, 2.24) is 4.98 Å². The summed E-state index contributed by atoms with van der Waals surface area (Å²) in [4.78, 5) is 15.6. The van der Waals surface area contributed by atoms with E-state index in [9.17, 15) is 9.18 Å². The highest BCUT2D eigenvalue weighted by Gasteiger charge is 2.15. The molecule has 0 radical (unpaired) electrons. The van der Waals surface area contributed by atoms with Crippen LogP contribution in [0.4, 0.5) is 15.8 Å². The molecular weight excluding hydrogens is 249 g/mol. The molecule has 0 bridgehead atoms. The van der Waals surface area contributed by atoms with Crippen molar-refractivity contribution in [2.75, 3.05) is 18.2 Å². The lowest BCUT2D eigenvalue weighted by atomic mass is 10.1. The monoisotopic (exact) mass is 261 g/mol. The van der Waals surface area contributed by atoms with Gasteiger partial charge < -0.3 is 15.8 Å². The van der Waals surface area contributed by atoms with E-state index in [1.165, 1.54) is 19.4 Å². The largest absolute Gasteiger partial charge is 0.496 e. The molecule has 0 spiro atoms. The van der Waals surface area contributed by atoms with Crippen LogP contribution >= 0.6 is 0 Å². The minimum Gasteiger partial charge on any atom is -0.496 e. The number of amides is 1. The number of nitrogen functional groups attached to an aromatic ring is 1. The molecule has 3 N–H and O–H groups in total. The number of ether oxygens (including phenoxy) is 1. The molecule has 6 heteroatoms. The van der Waals surface area contributed by atoms with Crippen LogP contribution in [0.1, 0.15) is 10.4 Å². The Bertz CT molecular complexity index is 599. The zero-order chi connectivity index (χ0) is 13.8. The van der Waals surface area contributed by atoms with Gasteiger partial charge in [-0.1, -0.05) is 6.07 Å². The molecular formula is C13H12FN3O2. The maximum atomic E-state index is 12.7. The highest BCUT2D eigenvalue weighted by molar-refractivity contribution is 6.09. The second-order valence-electron chi connectivity index (χ2n) is 3.75. The van der Waals surface area contributed by atoms with Gasteiger partial charge in [0.25, 0.3) is 5.91 Å². The van der Waals surface area contributed by atoms with Gasteiger partial charge in [-0.25, -0.2) is 4.98 Å². The second-order valence-corrected chi connectivity index (χ2v) is 3.75. The molecule has 0 atom stereocenters. The van der Waals surface area contributed by atoms with Crippen molar-refractivity contribution in [3.8, 4) is 5.75 Å². The third-order valence-electron chi connectivity index (χ3n) is 2.49. The summed E-state index contributed by atoms with van der Waals surface area (Å²) in [5.74, 6) is -0.689. The van der Waals surface area contributed by atoms with E-state index in [4.69, 9.17) is 10.5 Å². The van der Waals surface area contributed by atoms with E-state index in [1.54, 1.807) is 18.2 Å². The third-order valence-corrected chi connectivity index (χ3v) is 2.49. The number of hydrogen-bond acceptors (Lipinski definition) is 4. The smallest absolute Gasteiger partial charge is 0.261 e. The number of halogens is 1. The summed E-state index contributed by atoms with van der Waals surface area (Å²) in [5, 5.41) is 2.57. The molecule has 0 saturated carbocycles. The molecule has 0 unspecified atom stereocenters. The second kappa shape index (κ2) is 5.34. The minimum absolute atomic E-state index is 0.231. The number of methoxy groups -OCH3 is 1. The van der Waals surface area contributed by atoms with Crippen LogP contribution in [0.2, 0.25) is 0 Å². The van der Waals surface area contributed by atoms with Crippen molar-refractivity contribution < 1.29 is 13.9 Å². The fourth-order valence-electron chi connectivity index (χ4n) is 1.60. The Morgan fingerprint density at radius 2 is 2.16 bits per heavy atom. The number of rotatable bonds is 3. The number of pyridine rings is 1. The summed E-state index contributed by atoms with van der Waals surface area (Å²) in [5.41, 5.74) is 6.66. The van der Waals surface area contributed by atoms with Gasteiger partial charge in [0, 0.05) is 5.69 Å². The summed E-state index contributed by atoms with van der Waals surface area (Å²) in [6.45, 7) is 0. The van der Waals surface area contributed by atoms with Crippen LogP contribution in [0.15, 0.2) is 36.5 Å². The first-order valence-corrected chi connectivity index (χ1v) is 5.47. The third kappa shape index (κ3) is 2.79. The van der Waals surface area contributed by atoms with Gasteiger partial charge in [-0.05, 0) is 24.3 Å². The van der Waals surface area contributed by atoms with Gasteiger partial charge in [-0.2, -0.15) is 4.39 Å². The molecule has 19 heavy (non-hydrogen) atoms. The fraction of sp³-hybridized carbons (Fsp3) is 0.0769. The fourth-order valence-corrected chi connectivity index (χ4v) is 1.60. The first-order chi connectivity index (χ1) is 9.11. The van der Waals surface area contributed by atoms with E-state index in [-0.39, 0.29) is 5.56 Å². The molecule has 1 aromatic carbocycles. The predicted octanol–water partition coefficient (Wildman–Crippen LogP) is 2.06. The number of benzene rings is 1. The number of nitrogens with two attached hydrogens (primary N) is 1. The normalized spacial score (nSPS) is 10.0. The highest BCUT2D eigenvalue weighted by atomic mass is 19.1. The van der Waals surface area contributed by atoms with Crippen LogP contribution in [0.5, 0.6) is 5.75 Å². The van der Waals surface area contributed by atoms with Crippen LogP contribution in [-0.4, -0.2) is 18.0 Å². The van der Waals surface area contributed by atoms with Crippen LogP contribution < -0.4 is 15.8 Å². The quantitative estimate of drug-likeness (QED) is 0.655. The molecule has 98 valence electrons. The first-order valence-electron chi connectivity index (χ1n) is 5.47. The molecule has 2 aromatic rings. The zero-order valence-electron chi connectivity index (χ0n) is 10.2. The molecule has 0 aliphatic carbocycles. The van der Waals surface area contributed by atoms with Gasteiger partial charge >= 0.3 is 0 Å². The Balaban J connectivity index is 2.27. The van der Waals surface area contributed by atoms with Crippen molar-refractivity contribution in [2.24, 2.45) is 0 Å². The lowest BCUT2D eigenvalue weighted by Gasteiger charge is -2.11. The molecule has 0 fully saturated rings. The Hall–Kier alpha value is -2.63.